The fourth-order valence-corrected chi connectivity index (χ4v) is 2.34. The first-order valence-electron chi connectivity index (χ1n) is 7.14. The van der Waals surface area contributed by atoms with Gasteiger partial charge in [-0.1, -0.05) is 24.3 Å². The second-order valence-electron chi connectivity index (χ2n) is 5.41. The smallest absolute Gasteiger partial charge is 0.0337 e. The number of aryl methyl sites for hydroxylation is 3. The highest BCUT2D eigenvalue weighted by Crippen LogP contribution is 2.15. The van der Waals surface area contributed by atoms with Crippen molar-refractivity contribution in [3.8, 4) is 0 Å². The topological polar surface area (TPSA) is 24.1 Å². The van der Waals surface area contributed by atoms with Crippen LogP contribution in [0.1, 0.15) is 27.8 Å². The van der Waals surface area contributed by atoms with Gasteiger partial charge in [-0.15, -0.1) is 0 Å². The summed E-state index contributed by atoms with van der Waals surface area (Å²) >= 11 is 0. The van der Waals surface area contributed by atoms with Crippen LogP contribution in [0.25, 0.3) is 0 Å². The standard InChI is InChI=1S/C18H24N2/c1-13-9-15(3)17(10-14(13)2)12-20-11-16-5-7-18(19-4)8-6-16/h5-10,19-20H,11-12H2,1-4H3. The summed E-state index contributed by atoms with van der Waals surface area (Å²) in [5, 5.41) is 6.66. The molecule has 0 aromatic heterocycles. The number of rotatable bonds is 5. The van der Waals surface area contributed by atoms with E-state index in [1.165, 1.54) is 27.8 Å². The van der Waals surface area contributed by atoms with Crippen LogP contribution in [0.3, 0.4) is 0 Å². The van der Waals surface area contributed by atoms with Gasteiger partial charge in [0.25, 0.3) is 0 Å². The number of benzene rings is 2. The zero-order chi connectivity index (χ0) is 14.5. The monoisotopic (exact) mass is 268 g/mol. The zero-order valence-corrected chi connectivity index (χ0v) is 12.9. The van der Waals surface area contributed by atoms with E-state index in [0.717, 1.165) is 18.8 Å². The maximum absolute atomic E-state index is 3.52. The van der Waals surface area contributed by atoms with Gasteiger partial charge in [0.15, 0.2) is 0 Å². The molecule has 2 heteroatoms. The molecule has 0 fully saturated rings. The van der Waals surface area contributed by atoms with Gasteiger partial charge in [-0.25, -0.2) is 0 Å². The van der Waals surface area contributed by atoms with Crippen LogP contribution in [0.5, 0.6) is 0 Å². The van der Waals surface area contributed by atoms with Gasteiger partial charge in [-0.3, -0.25) is 0 Å². The van der Waals surface area contributed by atoms with E-state index < -0.39 is 0 Å². The van der Waals surface area contributed by atoms with Gasteiger partial charge >= 0.3 is 0 Å². The lowest BCUT2D eigenvalue weighted by Gasteiger charge is -2.11. The van der Waals surface area contributed by atoms with Crippen LogP contribution in [0, 0.1) is 20.8 Å². The van der Waals surface area contributed by atoms with Crippen molar-refractivity contribution in [1.82, 2.24) is 5.32 Å². The molecule has 0 aliphatic rings. The maximum atomic E-state index is 3.52. The largest absolute Gasteiger partial charge is 0.388 e. The minimum absolute atomic E-state index is 0.899. The van der Waals surface area contributed by atoms with Crippen LogP contribution in [0.4, 0.5) is 5.69 Å². The molecule has 0 bridgehead atoms. The number of anilines is 1. The maximum Gasteiger partial charge on any atom is 0.0337 e. The van der Waals surface area contributed by atoms with Gasteiger partial charge in [-0.05, 0) is 60.7 Å². The lowest BCUT2D eigenvalue weighted by molar-refractivity contribution is 0.690. The first-order valence-corrected chi connectivity index (χ1v) is 7.14. The third kappa shape index (κ3) is 3.61. The first-order chi connectivity index (χ1) is 9.60. The number of hydrogen-bond acceptors (Lipinski definition) is 2. The molecule has 2 N–H and O–H groups in total. The van der Waals surface area contributed by atoms with Crippen molar-refractivity contribution >= 4 is 5.69 Å². The van der Waals surface area contributed by atoms with Crippen LogP contribution >= 0.6 is 0 Å². The summed E-state index contributed by atoms with van der Waals surface area (Å²) in [6.07, 6.45) is 0. The van der Waals surface area contributed by atoms with E-state index in [2.05, 4.69) is 67.8 Å². The van der Waals surface area contributed by atoms with E-state index in [1.807, 2.05) is 7.05 Å². The predicted molar refractivity (Wildman–Crippen MR) is 87.2 cm³/mol. The third-order valence-electron chi connectivity index (χ3n) is 3.84. The molecular weight excluding hydrogens is 244 g/mol. The molecule has 0 heterocycles. The quantitative estimate of drug-likeness (QED) is 0.858. The average Bonchev–Trinajstić information content (AvgIpc) is 2.45. The second-order valence-corrected chi connectivity index (χ2v) is 5.41. The molecule has 2 rings (SSSR count). The molecule has 2 aromatic carbocycles. The zero-order valence-electron chi connectivity index (χ0n) is 12.9. The van der Waals surface area contributed by atoms with Gasteiger partial charge in [0.05, 0.1) is 0 Å². The highest BCUT2D eigenvalue weighted by Gasteiger charge is 2.02. The summed E-state index contributed by atoms with van der Waals surface area (Å²) < 4.78 is 0. The summed E-state index contributed by atoms with van der Waals surface area (Å²) in [4.78, 5) is 0. The molecular formula is C18H24N2. The van der Waals surface area contributed by atoms with Crippen LogP contribution in [-0.4, -0.2) is 7.05 Å². The van der Waals surface area contributed by atoms with E-state index in [4.69, 9.17) is 0 Å². The van der Waals surface area contributed by atoms with Crippen LogP contribution < -0.4 is 10.6 Å². The van der Waals surface area contributed by atoms with Crippen LogP contribution in [0.2, 0.25) is 0 Å². The van der Waals surface area contributed by atoms with Gasteiger partial charge in [0, 0.05) is 25.8 Å². The molecule has 0 radical (unpaired) electrons. The fourth-order valence-electron chi connectivity index (χ4n) is 2.34. The molecule has 0 amide bonds. The minimum Gasteiger partial charge on any atom is -0.388 e. The van der Waals surface area contributed by atoms with E-state index in [-0.39, 0.29) is 0 Å². The SMILES string of the molecule is CNc1ccc(CNCc2cc(C)c(C)cc2C)cc1. The highest BCUT2D eigenvalue weighted by atomic mass is 14.8. The van der Waals surface area contributed by atoms with E-state index in [0.29, 0.717) is 0 Å². The highest BCUT2D eigenvalue weighted by molar-refractivity contribution is 5.43. The Balaban J connectivity index is 1.94. The summed E-state index contributed by atoms with van der Waals surface area (Å²) in [6.45, 7) is 8.35. The Labute approximate surface area is 122 Å². The third-order valence-corrected chi connectivity index (χ3v) is 3.84. The van der Waals surface area contributed by atoms with Gasteiger partial charge in [0.1, 0.15) is 0 Å². The normalized spacial score (nSPS) is 10.6. The van der Waals surface area contributed by atoms with E-state index >= 15 is 0 Å². The Kier molecular flexibility index (Phi) is 4.80. The van der Waals surface area contributed by atoms with Crippen LogP contribution in [-0.2, 0) is 13.1 Å². The second kappa shape index (κ2) is 6.58. The van der Waals surface area contributed by atoms with Crippen molar-refractivity contribution < 1.29 is 0 Å². The van der Waals surface area contributed by atoms with Gasteiger partial charge < -0.3 is 10.6 Å². The molecule has 0 saturated heterocycles. The van der Waals surface area contributed by atoms with E-state index in [1.54, 1.807) is 0 Å². The molecule has 0 aliphatic heterocycles. The lowest BCUT2D eigenvalue weighted by Crippen LogP contribution is -2.13. The molecule has 106 valence electrons. The van der Waals surface area contributed by atoms with Crippen molar-refractivity contribution in [3.63, 3.8) is 0 Å². The van der Waals surface area contributed by atoms with Crippen molar-refractivity contribution in [2.45, 2.75) is 33.9 Å². The summed E-state index contributed by atoms with van der Waals surface area (Å²) in [5.41, 5.74) is 7.95. The Bertz CT molecular complexity index is 571. The summed E-state index contributed by atoms with van der Waals surface area (Å²) in [6, 6.07) is 13.1. The number of hydrogen-bond donors (Lipinski definition) is 2. The van der Waals surface area contributed by atoms with Crippen molar-refractivity contribution in [2.24, 2.45) is 0 Å². The molecule has 0 unspecified atom stereocenters. The minimum atomic E-state index is 0.899. The molecule has 2 nitrogen and oxygen atoms in total. The summed E-state index contributed by atoms with van der Waals surface area (Å²) in [7, 11) is 1.94. The van der Waals surface area contributed by atoms with Gasteiger partial charge in [0.2, 0.25) is 0 Å². The molecule has 0 spiro atoms. The van der Waals surface area contributed by atoms with Crippen molar-refractivity contribution in [2.75, 3.05) is 12.4 Å². The van der Waals surface area contributed by atoms with Crippen molar-refractivity contribution in [1.29, 1.82) is 0 Å². The average molecular weight is 268 g/mol. The molecule has 0 atom stereocenters. The van der Waals surface area contributed by atoms with Crippen molar-refractivity contribution in [3.05, 3.63) is 64.2 Å². The fraction of sp³-hybridized carbons (Fsp3) is 0.333. The first kappa shape index (κ1) is 14.6. The Morgan fingerprint density at radius 1 is 0.800 bits per heavy atom. The van der Waals surface area contributed by atoms with E-state index in [9.17, 15) is 0 Å². The van der Waals surface area contributed by atoms with Crippen LogP contribution in [0.15, 0.2) is 36.4 Å². The number of nitrogens with one attached hydrogen (secondary N) is 2. The lowest BCUT2D eigenvalue weighted by atomic mass is 10.0. The molecule has 0 aliphatic carbocycles. The predicted octanol–water partition coefficient (Wildman–Crippen LogP) is 3.94. The molecule has 2 aromatic rings. The Morgan fingerprint density at radius 2 is 1.45 bits per heavy atom. The van der Waals surface area contributed by atoms with Gasteiger partial charge in [-0.2, -0.15) is 0 Å². The molecule has 20 heavy (non-hydrogen) atoms. The summed E-state index contributed by atoms with van der Waals surface area (Å²) in [5.74, 6) is 0. The Hall–Kier alpha value is -1.80. The Morgan fingerprint density at radius 3 is 2.10 bits per heavy atom. The molecule has 0 saturated carbocycles.